The molecule has 0 bridgehead atoms. The molecular formula is C14H15ClN4OS. The number of para-hydroxylation sites is 1. The SMILES string of the molecule is C[n+]1cc(O)ccc1C=NNC(=S)Nc1ccccc1.[Cl-]. The molecule has 1 heterocycles. The minimum Gasteiger partial charge on any atom is -1.00 e. The highest BCUT2D eigenvalue weighted by Crippen LogP contribution is 2.04. The second-order valence-corrected chi connectivity index (χ2v) is 4.52. The predicted molar refractivity (Wildman–Crippen MR) is 82.7 cm³/mol. The van der Waals surface area contributed by atoms with Crippen molar-refractivity contribution in [2.24, 2.45) is 12.1 Å². The van der Waals surface area contributed by atoms with Crippen molar-refractivity contribution in [1.29, 1.82) is 0 Å². The van der Waals surface area contributed by atoms with Gasteiger partial charge in [0, 0.05) is 11.8 Å². The van der Waals surface area contributed by atoms with Gasteiger partial charge in [-0.15, -0.1) is 0 Å². The van der Waals surface area contributed by atoms with Crippen molar-refractivity contribution in [2.75, 3.05) is 5.32 Å². The first-order valence-electron chi connectivity index (χ1n) is 5.99. The van der Waals surface area contributed by atoms with Crippen molar-refractivity contribution >= 4 is 29.2 Å². The van der Waals surface area contributed by atoms with Gasteiger partial charge in [0.25, 0.3) is 0 Å². The minimum absolute atomic E-state index is 0. The molecule has 0 saturated carbocycles. The Morgan fingerprint density at radius 3 is 2.62 bits per heavy atom. The van der Waals surface area contributed by atoms with Gasteiger partial charge in [0.1, 0.15) is 13.3 Å². The van der Waals surface area contributed by atoms with E-state index in [4.69, 9.17) is 12.2 Å². The van der Waals surface area contributed by atoms with Crippen LogP contribution in [0.5, 0.6) is 5.75 Å². The number of aromatic hydroxyl groups is 1. The van der Waals surface area contributed by atoms with E-state index in [1.165, 1.54) is 0 Å². The Kier molecular flexibility index (Phi) is 6.58. The Morgan fingerprint density at radius 2 is 1.95 bits per heavy atom. The molecule has 1 aromatic heterocycles. The van der Waals surface area contributed by atoms with Gasteiger partial charge in [-0.25, -0.2) is 0 Å². The fourth-order valence-corrected chi connectivity index (χ4v) is 1.75. The highest BCUT2D eigenvalue weighted by atomic mass is 35.5. The minimum atomic E-state index is 0. The third kappa shape index (κ3) is 5.37. The number of nitrogens with one attached hydrogen (secondary N) is 2. The van der Waals surface area contributed by atoms with Crippen molar-refractivity contribution < 1.29 is 22.1 Å². The molecule has 0 unspecified atom stereocenters. The molecule has 0 aliphatic heterocycles. The number of halogens is 1. The van der Waals surface area contributed by atoms with Gasteiger partial charge >= 0.3 is 0 Å². The Morgan fingerprint density at radius 1 is 1.24 bits per heavy atom. The number of hydrogen-bond acceptors (Lipinski definition) is 3. The van der Waals surface area contributed by atoms with E-state index < -0.39 is 0 Å². The molecule has 0 spiro atoms. The van der Waals surface area contributed by atoms with Crippen LogP contribution in [0.15, 0.2) is 53.8 Å². The number of aromatic nitrogens is 1. The lowest BCUT2D eigenvalue weighted by molar-refractivity contribution is -0.672. The molecule has 5 nitrogen and oxygen atoms in total. The molecule has 0 aliphatic carbocycles. The molecule has 0 saturated heterocycles. The van der Waals surface area contributed by atoms with E-state index in [2.05, 4.69) is 15.8 Å². The molecule has 1 aromatic carbocycles. The number of rotatable bonds is 3. The lowest BCUT2D eigenvalue weighted by Crippen LogP contribution is -3.00. The van der Waals surface area contributed by atoms with Crippen molar-refractivity contribution in [2.45, 2.75) is 0 Å². The normalized spacial score (nSPS) is 9.95. The summed E-state index contributed by atoms with van der Waals surface area (Å²) in [6, 6.07) is 13.0. The van der Waals surface area contributed by atoms with Gasteiger partial charge in [-0.3, -0.25) is 5.43 Å². The van der Waals surface area contributed by atoms with Crippen LogP contribution < -0.4 is 27.7 Å². The number of thiocarbonyl (C=S) groups is 1. The van der Waals surface area contributed by atoms with Crippen LogP contribution in [0.4, 0.5) is 5.69 Å². The van der Waals surface area contributed by atoms with Gasteiger partial charge in [0.2, 0.25) is 11.9 Å². The van der Waals surface area contributed by atoms with Crippen LogP contribution in [0.25, 0.3) is 0 Å². The molecule has 110 valence electrons. The number of nitrogens with zero attached hydrogens (tertiary/aromatic N) is 2. The summed E-state index contributed by atoms with van der Waals surface area (Å²) in [5, 5.41) is 16.8. The van der Waals surface area contributed by atoms with E-state index in [1.807, 2.05) is 37.4 Å². The van der Waals surface area contributed by atoms with Crippen LogP contribution in [-0.2, 0) is 7.05 Å². The smallest absolute Gasteiger partial charge is 0.225 e. The molecule has 7 heteroatoms. The van der Waals surface area contributed by atoms with Crippen molar-refractivity contribution in [1.82, 2.24) is 5.43 Å². The van der Waals surface area contributed by atoms with Crippen molar-refractivity contribution in [3.05, 3.63) is 54.4 Å². The second kappa shape index (κ2) is 8.18. The topological polar surface area (TPSA) is 60.5 Å². The molecule has 0 amide bonds. The van der Waals surface area contributed by atoms with E-state index in [9.17, 15) is 5.11 Å². The Balaban J connectivity index is 0.00000220. The Labute approximate surface area is 134 Å². The summed E-state index contributed by atoms with van der Waals surface area (Å²) in [6.45, 7) is 0. The van der Waals surface area contributed by atoms with Crippen molar-refractivity contribution in [3.8, 4) is 5.75 Å². The van der Waals surface area contributed by atoms with Crippen molar-refractivity contribution in [3.63, 3.8) is 0 Å². The maximum Gasteiger partial charge on any atom is 0.225 e. The zero-order valence-corrected chi connectivity index (χ0v) is 12.9. The van der Waals surface area contributed by atoms with Gasteiger partial charge in [-0.2, -0.15) is 9.67 Å². The lowest BCUT2D eigenvalue weighted by Gasteiger charge is -2.05. The molecule has 2 aromatic rings. The molecular weight excluding hydrogens is 308 g/mol. The van der Waals surface area contributed by atoms with Gasteiger partial charge in [0.15, 0.2) is 10.9 Å². The first kappa shape index (κ1) is 16.9. The standard InChI is InChI=1S/C14H14N4OS.ClH/c1-18-10-13(19)8-7-12(18)9-15-17-14(20)16-11-5-3-2-4-6-11;/h2-10H,1H3,(H2,16,19,20);1H. The van der Waals surface area contributed by atoms with Gasteiger partial charge in [-0.1, -0.05) is 18.2 Å². The maximum atomic E-state index is 9.30. The van der Waals surface area contributed by atoms with E-state index in [1.54, 1.807) is 29.1 Å². The average molecular weight is 323 g/mol. The first-order chi connectivity index (χ1) is 9.65. The second-order valence-electron chi connectivity index (χ2n) is 4.11. The molecule has 0 radical (unpaired) electrons. The van der Waals surface area contributed by atoms with E-state index in [0.717, 1.165) is 11.4 Å². The molecule has 0 aliphatic rings. The highest BCUT2D eigenvalue weighted by molar-refractivity contribution is 7.80. The Bertz CT molecular complexity index is 634. The average Bonchev–Trinajstić information content (AvgIpc) is 2.42. The Hall–Kier alpha value is -2.18. The molecule has 3 N–H and O–H groups in total. The van der Waals surface area contributed by atoms with Crippen LogP contribution in [0, 0.1) is 0 Å². The zero-order valence-electron chi connectivity index (χ0n) is 11.3. The summed E-state index contributed by atoms with van der Waals surface area (Å²) in [4.78, 5) is 0. The van der Waals surface area contributed by atoms with Crippen LogP contribution in [0.2, 0.25) is 0 Å². The van der Waals surface area contributed by atoms with E-state index in [0.29, 0.717) is 5.11 Å². The monoisotopic (exact) mass is 322 g/mol. The summed E-state index contributed by atoms with van der Waals surface area (Å²) in [6.07, 6.45) is 3.22. The maximum absolute atomic E-state index is 9.30. The number of pyridine rings is 1. The number of hydrazone groups is 1. The molecule has 2 rings (SSSR count). The van der Waals surface area contributed by atoms with Crippen LogP contribution >= 0.6 is 12.2 Å². The molecule has 0 atom stereocenters. The van der Waals surface area contributed by atoms with Crippen LogP contribution in [0.1, 0.15) is 5.69 Å². The van der Waals surface area contributed by atoms with E-state index in [-0.39, 0.29) is 18.2 Å². The van der Waals surface area contributed by atoms with Crippen LogP contribution in [0.3, 0.4) is 0 Å². The predicted octanol–water partition coefficient (Wildman–Crippen LogP) is -1.46. The number of aryl methyl sites for hydroxylation is 1. The van der Waals surface area contributed by atoms with Gasteiger partial charge in [0.05, 0.1) is 0 Å². The summed E-state index contributed by atoms with van der Waals surface area (Å²) in [5.41, 5.74) is 4.47. The molecule has 0 fully saturated rings. The zero-order chi connectivity index (χ0) is 14.4. The highest BCUT2D eigenvalue weighted by Gasteiger charge is 2.04. The summed E-state index contributed by atoms with van der Waals surface area (Å²) >= 11 is 5.12. The van der Waals surface area contributed by atoms with Crippen LogP contribution in [-0.4, -0.2) is 16.4 Å². The summed E-state index contributed by atoms with van der Waals surface area (Å²) < 4.78 is 1.76. The fourth-order valence-electron chi connectivity index (χ4n) is 1.58. The summed E-state index contributed by atoms with van der Waals surface area (Å²) in [7, 11) is 1.82. The third-order valence-corrected chi connectivity index (χ3v) is 2.75. The fraction of sp³-hybridized carbons (Fsp3) is 0.0714. The number of benzene rings is 1. The third-order valence-electron chi connectivity index (χ3n) is 2.55. The number of hydrogen-bond donors (Lipinski definition) is 3. The first-order valence-corrected chi connectivity index (χ1v) is 6.40. The summed E-state index contributed by atoms with van der Waals surface area (Å²) in [5.74, 6) is 0.207. The largest absolute Gasteiger partial charge is 1.00 e. The molecule has 21 heavy (non-hydrogen) atoms. The number of anilines is 1. The van der Waals surface area contributed by atoms with Gasteiger partial charge in [-0.05, 0) is 30.4 Å². The van der Waals surface area contributed by atoms with Gasteiger partial charge < -0.3 is 22.8 Å². The van der Waals surface area contributed by atoms with E-state index >= 15 is 0 Å². The quantitative estimate of drug-likeness (QED) is 0.280. The lowest BCUT2D eigenvalue weighted by atomic mass is 10.3.